The smallest absolute Gasteiger partial charge is 0.140 e. The van der Waals surface area contributed by atoms with Crippen molar-refractivity contribution in [2.24, 2.45) is 0 Å². The van der Waals surface area contributed by atoms with Crippen LogP contribution in [0.15, 0.2) is 18.3 Å². The van der Waals surface area contributed by atoms with Gasteiger partial charge >= 0.3 is 0 Å². The van der Waals surface area contributed by atoms with Crippen molar-refractivity contribution in [2.75, 3.05) is 5.73 Å². The molecule has 0 amide bonds. The quantitative estimate of drug-likeness (QED) is 0.906. The van der Waals surface area contributed by atoms with Gasteiger partial charge in [0, 0.05) is 9.75 Å². The first-order chi connectivity index (χ1) is 7.88. The minimum Gasteiger partial charge on any atom is -0.383 e. The Hall–Kier alpha value is -1.000. The lowest BCUT2D eigenvalue weighted by Crippen LogP contribution is -2.08. The topological polar surface area (TPSA) is 43.8 Å². The van der Waals surface area contributed by atoms with Crippen molar-refractivity contribution in [1.29, 1.82) is 0 Å². The van der Waals surface area contributed by atoms with Crippen LogP contribution in [0.3, 0.4) is 0 Å². The number of hydrogen-bond donors (Lipinski definition) is 1. The molecule has 0 aliphatic rings. The van der Waals surface area contributed by atoms with Crippen LogP contribution in [-0.4, -0.2) is 9.78 Å². The predicted octanol–water partition coefficient (Wildman–Crippen LogP) is 3.53. The van der Waals surface area contributed by atoms with Gasteiger partial charge in [-0.05, 0) is 17.5 Å². The molecule has 0 unspecified atom stereocenters. The van der Waals surface area contributed by atoms with E-state index < -0.39 is 0 Å². The monoisotopic (exact) mass is 269 g/mol. The zero-order chi connectivity index (χ0) is 12.6. The fourth-order valence-electron chi connectivity index (χ4n) is 1.51. The summed E-state index contributed by atoms with van der Waals surface area (Å²) in [6.07, 6.45) is 1.58. The summed E-state index contributed by atoms with van der Waals surface area (Å²) in [7, 11) is 0. The summed E-state index contributed by atoms with van der Waals surface area (Å²) >= 11 is 7.66. The number of aromatic nitrogens is 2. The van der Waals surface area contributed by atoms with Crippen LogP contribution < -0.4 is 5.73 Å². The lowest BCUT2D eigenvalue weighted by Gasteiger charge is -2.15. The molecule has 0 saturated heterocycles. The van der Waals surface area contributed by atoms with Crippen LogP contribution in [0, 0.1) is 0 Å². The van der Waals surface area contributed by atoms with Gasteiger partial charge in [-0.15, -0.1) is 11.3 Å². The van der Waals surface area contributed by atoms with Crippen molar-refractivity contribution >= 4 is 28.8 Å². The van der Waals surface area contributed by atoms with Gasteiger partial charge in [-0.25, -0.2) is 4.68 Å². The Labute approximate surface area is 110 Å². The van der Waals surface area contributed by atoms with E-state index in [0.717, 1.165) is 0 Å². The van der Waals surface area contributed by atoms with E-state index in [4.69, 9.17) is 17.3 Å². The van der Waals surface area contributed by atoms with Crippen LogP contribution in [0.4, 0.5) is 5.82 Å². The standard InChI is InChI=1S/C12H16ClN3S/c1-12(2,3)10-5-4-8(17-10)7-16-11(14)9(13)6-15-16/h4-6H,7,14H2,1-3H3. The Bertz CT molecular complexity index is 522. The average Bonchev–Trinajstić information content (AvgIpc) is 2.80. The molecule has 17 heavy (non-hydrogen) atoms. The number of nitrogens with zero attached hydrogens (tertiary/aromatic N) is 2. The van der Waals surface area contributed by atoms with Crippen LogP contribution in [-0.2, 0) is 12.0 Å². The van der Waals surface area contributed by atoms with E-state index >= 15 is 0 Å². The van der Waals surface area contributed by atoms with Crippen LogP contribution >= 0.6 is 22.9 Å². The Morgan fingerprint density at radius 1 is 1.41 bits per heavy atom. The van der Waals surface area contributed by atoms with Gasteiger partial charge in [-0.3, -0.25) is 0 Å². The zero-order valence-corrected chi connectivity index (χ0v) is 11.8. The van der Waals surface area contributed by atoms with Crippen molar-refractivity contribution in [1.82, 2.24) is 9.78 Å². The van der Waals surface area contributed by atoms with Gasteiger partial charge in [0.25, 0.3) is 0 Å². The Morgan fingerprint density at radius 2 is 2.12 bits per heavy atom. The molecule has 0 aliphatic carbocycles. The van der Waals surface area contributed by atoms with E-state index in [1.165, 1.54) is 9.75 Å². The molecule has 3 nitrogen and oxygen atoms in total. The Kier molecular flexibility index (Phi) is 3.19. The van der Waals surface area contributed by atoms with E-state index in [2.05, 4.69) is 38.0 Å². The maximum absolute atomic E-state index is 5.87. The van der Waals surface area contributed by atoms with E-state index in [-0.39, 0.29) is 5.41 Å². The summed E-state index contributed by atoms with van der Waals surface area (Å²) < 4.78 is 1.72. The first-order valence-corrected chi connectivity index (χ1v) is 6.63. The Morgan fingerprint density at radius 3 is 2.59 bits per heavy atom. The summed E-state index contributed by atoms with van der Waals surface area (Å²) in [6, 6.07) is 4.29. The number of rotatable bonds is 2. The summed E-state index contributed by atoms with van der Waals surface area (Å²) in [5.74, 6) is 0.525. The number of anilines is 1. The third kappa shape index (κ3) is 2.64. The van der Waals surface area contributed by atoms with E-state index in [1.807, 2.05) is 0 Å². The number of nitrogen functional groups attached to an aromatic ring is 1. The second kappa shape index (κ2) is 4.35. The fraction of sp³-hybridized carbons (Fsp3) is 0.417. The number of hydrogen-bond acceptors (Lipinski definition) is 3. The molecule has 0 fully saturated rings. The third-order valence-electron chi connectivity index (χ3n) is 2.54. The van der Waals surface area contributed by atoms with E-state index in [0.29, 0.717) is 17.4 Å². The van der Waals surface area contributed by atoms with E-state index in [9.17, 15) is 0 Å². The highest BCUT2D eigenvalue weighted by Crippen LogP contribution is 2.30. The summed E-state index contributed by atoms with van der Waals surface area (Å²) in [4.78, 5) is 2.60. The normalized spacial score (nSPS) is 12.0. The molecular weight excluding hydrogens is 254 g/mol. The maximum Gasteiger partial charge on any atom is 0.140 e. The minimum absolute atomic E-state index is 0.191. The van der Waals surface area contributed by atoms with Crippen molar-refractivity contribution < 1.29 is 0 Å². The number of thiophene rings is 1. The molecule has 0 atom stereocenters. The average molecular weight is 270 g/mol. The first kappa shape index (κ1) is 12.5. The molecule has 2 aromatic rings. The molecule has 2 N–H and O–H groups in total. The lowest BCUT2D eigenvalue weighted by molar-refractivity contribution is 0.604. The predicted molar refractivity (Wildman–Crippen MR) is 73.8 cm³/mol. The number of halogens is 1. The van der Waals surface area contributed by atoms with Crippen molar-refractivity contribution in [3.8, 4) is 0 Å². The molecule has 0 spiro atoms. The minimum atomic E-state index is 0.191. The van der Waals surface area contributed by atoms with Gasteiger partial charge in [0.2, 0.25) is 0 Å². The molecule has 2 rings (SSSR count). The highest BCUT2D eigenvalue weighted by Gasteiger charge is 2.16. The van der Waals surface area contributed by atoms with Gasteiger partial charge in [0.05, 0.1) is 12.7 Å². The summed E-state index contributed by atoms with van der Waals surface area (Å²) in [6.45, 7) is 7.31. The molecular formula is C12H16ClN3S. The molecule has 2 heterocycles. The molecule has 0 aliphatic heterocycles. The fourth-order valence-corrected chi connectivity index (χ4v) is 2.70. The highest BCUT2D eigenvalue weighted by atomic mass is 35.5. The SMILES string of the molecule is CC(C)(C)c1ccc(Cn2ncc(Cl)c2N)s1. The van der Waals surface area contributed by atoms with E-state index in [1.54, 1.807) is 22.2 Å². The lowest BCUT2D eigenvalue weighted by atomic mass is 9.95. The summed E-state index contributed by atoms with van der Waals surface area (Å²) in [5, 5.41) is 4.66. The second-order valence-electron chi connectivity index (χ2n) is 5.05. The molecule has 0 aromatic carbocycles. The molecule has 0 saturated carbocycles. The van der Waals surface area contributed by atoms with Gasteiger partial charge in [0.15, 0.2) is 0 Å². The van der Waals surface area contributed by atoms with Gasteiger partial charge < -0.3 is 5.73 Å². The van der Waals surface area contributed by atoms with Gasteiger partial charge in [0.1, 0.15) is 10.8 Å². The molecule has 92 valence electrons. The van der Waals surface area contributed by atoms with Crippen molar-refractivity contribution in [3.05, 3.63) is 33.1 Å². The second-order valence-corrected chi connectivity index (χ2v) is 6.63. The van der Waals surface area contributed by atoms with Crippen molar-refractivity contribution in [3.63, 3.8) is 0 Å². The maximum atomic E-state index is 5.87. The van der Waals surface area contributed by atoms with Crippen LogP contribution in [0.2, 0.25) is 5.02 Å². The Balaban J connectivity index is 2.20. The highest BCUT2D eigenvalue weighted by molar-refractivity contribution is 7.12. The molecule has 2 aromatic heterocycles. The molecule has 0 bridgehead atoms. The zero-order valence-electron chi connectivity index (χ0n) is 10.2. The molecule has 0 radical (unpaired) electrons. The van der Waals surface area contributed by atoms with Gasteiger partial charge in [-0.1, -0.05) is 32.4 Å². The van der Waals surface area contributed by atoms with Crippen LogP contribution in [0.1, 0.15) is 30.5 Å². The summed E-state index contributed by atoms with van der Waals surface area (Å²) in [5.41, 5.74) is 6.01. The van der Waals surface area contributed by atoms with Crippen LogP contribution in [0.5, 0.6) is 0 Å². The van der Waals surface area contributed by atoms with Gasteiger partial charge in [-0.2, -0.15) is 5.10 Å². The largest absolute Gasteiger partial charge is 0.383 e. The first-order valence-electron chi connectivity index (χ1n) is 5.44. The van der Waals surface area contributed by atoms with Crippen LogP contribution in [0.25, 0.3) is 0 Å². The third-order valence-corrected chi connectivity index (χ3v) is 4.33. The number of nitrogens with two attached hydrogens (primary N) is 1. The van der Waals surface area contributed by atoms with Crippen molar-refractivity contribution in [2.45, 2.75) is 32.7 Å². The molecule has 5 heteroatoms.